The van der Waals surface area contributed by atoms with Crippen LogP contribution in [0, 0.1) is 0 Å². The number of carbonyl (C=O) groups excluding carboxylic acids is 3. The molecule has 0 aliphatic carbocycles. The van der Waals surface area contributed by atoms with Crippen LogP contribution in [0.4, 0.5) is 5.69 Å². The standard InChI is InChI=1S/C17H21N3O3/c1-13(21)18-8-10-19(11-9-18)17(23)14-4-2-5-15(12-14)20-7-3-6-16(20)22/h2,4-5,12H,3,6-11H2,1H3. The summed E-state index contributed by atoms with van der Waals surface area (Å²) in [6.07, 6.45) is 1.44. The molecule has 2 aliphatic heterocycles. The Balaban J connectivity index is 1.71. The normalized spacial score (nSPS) is 18.5. The van der Waals surface area contributed by atoms with Gasteiger partial charge in [-0.25, -0.2) is 0 Å². The Kier molecular flexibility index (Phi) is 4.32. The van der Waals surface area contributed by atoms with E-state index < -0.39 is 0 Å². The predicted octanol–water partition coefficient (Wildman–Crippen LogP) is 1.12. The van der Waals surface area contributed by atoms with Crippen molar-refractivity contribution in [3.8, 4) is 0 Å². The molecule has 23 heavy (non-hydrogen) atoms. The Hall–Kier alpha value is -2.37. The van der Waals surface area contributed by atoms with Gasteiger partial charge in [-0.3, -0.25) is 14.4 Å². The lowest BCUT2D eigenvalue weighted by molar-refractivity contribution is -0.130. The lowest BCUT2D eigenvalue weighted by atomic mass is 10.1. The van der Waals surface area contributed by atoms with E-state index in [-0.39, 0.29) is 17.7 Å². The number of anilines is 1. The Bertz CT molecular complexity index is 636. The maximum absolute atomic E-state index is 12.6. The second kappa shape index (κ2) is 6.40. The molecule has 2 saturated heterocycles. The van der Waals surface area contributed by atoms with Gasteiger partial charge in [0.05, 0.1) is 0 Å². The van der Waals surface area contributed by atoms with Crippen LogP contribution < -0.4 is 4.90 Å². The summed E-state index contributed by atoms with van der Waals surface area (Å²) < 4.78 is 0. The molecule has 0 atom stereocenters. The first kappa shape index (κ1) is 15.5. The molecule has 0 unspecified atom stereocenters. The summed E-state index contributed by atoms with van der Waals surface area (Å²) >= 11 is 0. The van der Waals surface area contributed by atoms with Gasteiger partial charge in [0.25, 0.3) is 5.91 Å². The van der Waals surface area contributed by atoms with Crippen LogP contribution >= 0.6 is 0 Å². The van der Waals surface area contributed by atoms with Crippen LogP contribution in [0.3, 0.4) is 0 Å². The van der Waals surface area contributed by atoms with Gasteiger partial charge in [0, 0.05) is 57.3 Å². The van der Waals surface area contributed by atoms with E-state index in [0.29, 0.717) is 44.7 Å². The number of benzene rings is 1. The van der Waals surface area contributed by atoms with E-state index >= 15 is 0 Å². The average molecular weight is 315 g/mol. The summed E-state index contributed by atoms with van der Waals surface area (Å²) in [6, 6.07) is 7.26. The summed E-state index contributed by atoms with van der Waals surface area (Å²) in [6.45, 7) is 4.51. The van der Waals surface area contributed by atoms with E-state index in [1.54, 1.807) is 33.8 Å². The van der Waals surface area contributed by atoms with Crippen molar-refractivity contribution in [1.29, 1.82) is 0 Å². The minimum atomic E-state index is -0.0401. The molecule has 0 aromatic heterocycles. The summed E-state index contributed by atoms with van der Waals surface area (Å²) in [5, 5.41) is 0. The molecule has 3 rings (SSSR count). The first-order valence-corrected chi connectivity index (χ1v) is 8.01. The quantitative estimate of drug-likeness (QED) is 0.821. The summed E-state index contributed by atoms with van der Waals surface area (Å²) in [4.78, 5) is 41.1. The number of amides is 3. The van der Waals surface area contributed by atoms with Crippen LogP contribution in [-0.2, 0) is 9.59 Å². The van der Waals surface area contributed by atoms with Gasteiger partial charge in [-0.05, 0) is 24.6 Å². The van der Waals surface area contributed by atoms with E-state index in [2.05, 4.69) is 0 Å². The van der Waals surface area contributed by atoms with Gasteiger partial charge in [-0.15, -0.1) is 0 Å². The number of hydrogen-bond acceptors (Lipinski definition) is 3. The first-order valence-electron chi connectivity index (χ1n) is 8.01. The lowest BCUT2D eigenvalue weighted by Gasteiger charge is -2.34. The zero-order valence-electron chi connectivity index (χ0n) is 13.3. The Morgan fingerprint density at radius 1 is 1.00 bits per heavy atom. The fourth-order valence-electron chi connectivity index (χ4n) is 3.13. The molecule has 2 fully saturated rings. The number of carbonyl (C=O) groups is 3. The predicted molar refractivity (Wildman–Crippen MR) is 86.2 cm³/mol. The summed E-state index contributed by atoms with van der Waals surface area (Å²) in [5.41, 5.74) is 1.39. The van der Waals surface area contributed by atoms with Crippen LogP contribution in [0.5, 0.6) is 0 Å². The molecule has 0 N–H and O–H groups in total. The van der Waals surface area contributed by atoms with Gasteiger partial charge in [-0.2, -0.15) is 0 Å². The van der Waals surface area contributed by atoms with Crippen molar-refractivity contribution in [3.05, 3.63) is 29.8 Å². The van der Waals surface area contributed by atoms with Crippen molar-refractivity contribution in [2.45, 2.75) is 19.8 Å². The lowest BCUT2D eigenvalue weighted by Crippen LogP contribution is -2.50. The first-order chi connectivity index (χ1) is 11.1. The minimum Gasteiger partial charge on any atom is -0.339 e. The van der Waals surface area contributed by atoms with Crippen molar-refractivity contribution in [2.24, 2.45) is 0 Å². The number of rotatable bonds is 2. The van der Waals surface area contributed by atoms with E-state index in [0.717, 1.165) is 12.1 Å². The van der Waals surface area contributed by atoms with Crippen LogP contribution in [0.1, 0.15) is 30.1 Å². The van der Waals surface area contributed by atoms with Gasteiger partial charge in [0.2, 0.25) is 11.8 Å². The minimum absolute atomic E-state index is 0.0401. The topological polar surface area (TPSA) is 60.9 Å². The highest BCUT2D eigenvalue weighted by atomic mass is 16.2. The molecule has 0 radical (unpaired) electrons. The smallest absolute Gasteiger partial charge is 0.254 e. The van der Waals surface area contributed by atoms with Crippen molar-refractivity contribution in [3.63, 3.8) is 0 Å². The maximum atomic E-state index is 12.6. The third kappa shape index (κ3) is 3.21. The molecule has 0 bridgehead atoms. The number of hydrogen-bond donors (Lipinski definition) is 0. The van der Waals surface area contributed by atoms with Crippen LogP contribution in [-0.4, -0.2) is 60.2 Å². The van der Waals surface area contributed by atoms with Gasteiger partial charge in [0.15, 0.2) is 0 Å². The molecular formula is C17H21N3O3. The molecule has 0 saturated carbocycles. The number of nitrogens with zero attached hydrogens (tertiary/aromatic N) is 3. The second-order valence-electron chi connectivity index (χ2n) is 6.00. The van der Waals surface area contributed by atoms with Crippen LogP contribution in [0.2, 0.25) is 0 Å². The fraction of sp³-hybridized carbons (Fsp3) is 0.471. The molecule has 6 nitrogen and oxygen atoms in total. The fourth-order valence-corrected chi connectivity index (χ4v) is 3.13. The van der Waals surface area contributed by atoms with Gasteiger partial charge in [-0.1, -0.05) is 6.07 Å². The highest BCUT2D eigenvalue weighted by Crippen LogP contribution is 2.23. The Morgan fingerprint density at radius 2 is 1.70 bits per heavy atom. The van der Waals surface area contributed by atoms with Crippen molar-refractivity contribution < 1.29 is 14.4 Å². The van der Waals surface area contributed by atoms with E-state index in [9.17, 15) is 14.4 Å². The molecular weight excluding hydrogens is 294 g/mol. The molecule has 1 aromatic rings. The Morgan fingerprint density at radius 3 is 2.30 bits per heavy atom. The SMILES string of the molecule is CC(=O)N1CCN(C(=O)c2cccc(N3CCCC3=O)c2)CC1. The summed E-state index contributed by atoms with van der Waals surface area (Å²) in [5.74, 6) is 0.123. The monoisotopic (exact) mass is 315 g/mol. The highest BCUT2D eigenvalue weighted by Gasteiger charge is 2.25. The van der Waals surface area contributed by atoms with Gasteiger partial charge in [0.1, 0.15) is 0 Å². The van der Waals surface area contributed by atoms with Crippen molar-refractivity contribution in [1.82, 2.24) is 9.80 Å². The molecule has 2 heterocycles. The molecule has 1 aromatic carbocycles. The maximum Gasteiger partial charge on any atom is 0.254 e. The molecule has 2 aliphatic rings. The average Bonchev–Trinajstić information content (AvgIpc) is 3.00. The van der Waals surface area contributed by atoms with Crippen molar-refractivity contribution in [2.75, 3.05) is 37.6 Å². The molecule has 3 amide bonds. The molecule has 6 heteroatoms. The van der Waals surface area contributed by atoms with Gasteiger partial charge >= 0.3 is 0 Å². The molecule has 122 valence electrons. The van der Waals surface area contributed by atoms with Crippen LogP contribution in [0.15, 0.2) is 24.3 Å². The third-order valence-electron chi connectivity index (χ3n) is 4.49. The number of piperazine rings is 1. The highest BCUT2D eigenvalue weighted by molar-refractivity contribution is 5.99. The van der Waals surface area contributed by atoms with E-state index in [4.69, 9.17) is 0 Å². The Labute approximate surface area is 135 Å². The third-order valence-corrected chi connectivity index (χ3v) is 4.49. The second-order valence-corrected chi connectivity index (χ2v) is 6.00. The zero-order chi connectivity index (χ0) is 16.4. The van der Waals surface area contributed by atoms with Crippen molar-refractivity contribution >= 4 is 23.4 Å². The van der Waals surface area contributed by atoms with Crippen LogP contribution in [0.25, 0.3) is 0 Å². The summed E-state index contributed by atoms with van der Waals surface area (Å²) in [7, 11) is 0. The molecule has 0 spiro atoms. The van der Waals surface area contributed by atoms with E-state index in [1.165, 1.54) is 0 Å². The largest absolute Gasteiger partial charge is 0.339 e. The zero-order valence-corrected chi connectivity index (χ0v) is 13.3. The van der Waals surface area contributed by atoms with Gasteiger partial charge < -0.3 is 14.7 Å². The van der Waals surface area contributed by atoms with E-state index in [1.807, 2.05) is 12.1 Å².